The van der Waals surface area contributed by atoms with Crippen LogP contribution in [0.2, 0.25) is 0 Å². The summed E-state index contributed by atoms with van der Waals surface area (Å²) in [6.45, 7) is -0.171. The number of hydrogen-bond donors (Lipinski definition) is 1. The van der Waals surface area contributed by atoms with Crippen LogP contribution in [0.25, 0.3) is 0 Å². The van der Waals surface area contributed by atoms with Crippen molar-refractivity contribution in [2.75, 3.05) is 25.5 Å². The Balaban J connectivity index is 1.72. The summed E-state index contributed by atoms with van der Waals surface area (Å²) in [7, 11) is 3.10. The third-order valence-corrected chi connectivity index (χ3v) is 5.02. The molecule has 0 saturated heterocycles. The number of benzene rings is 1. The lowest BCUT2D eigenvalue weighted by atomic mass is 10.0. The van der Waals surface area contributed by atoms with E-state index in [0.29, 0.717) is 12.1 Å². The SMILES string of the molecule is CN(C)c1nc(C(F)(F)F)n2c1CN(C(=O)C[C@H](N)Cc1cc(F)c(F)cc1F)CC2. The molecule has 0 bridgehead atoms. The van der Waals surface area contributed by atoms with Crippen LogP contribution in [-0.2, 0) is 30.5 Å². The fourth-order valence-electron chi connectivity index (χ4n) is 3.57. The molecule has 2 aromatic rings. The van der Waals surface area contributed by atoms with Gasteiger partial charge in [-0.1, -0.05) is 0 Å². The minimum absolute atomic E-state index is 0.0183. The second-order valence-electron chi connectivity index (χ2n) is 7.59. The van der Waals surface area contributed by atoms with E-state index in [9.17, 15) is 31.1 Å². The molecule has 3 rings (SSSR count). The summed E-state index contributed by atoms with van der Waals surface area (Å²) < 4.78 is 81.1. The van der Waals surface area contributed by atoms with Crippen molar-refractivity contribution in [3.8, 4) is 0 Å². The molecule has 0 radical (unpaired) electrons. The fraction of sp³-hybridized carbons (Fsp3) is 0.474. The molecule has 1 aromatic carbocycles. The van der Waals surface area contributed by atoms with Crippen LogP contribution in [0.3, 0.4) is 0 Å². The Morgan fingerprint density at radius 3 is 2.42 bits per heavy atom. The van der Waals surface area contributed by atoms with Crippen molar-refractivity contribution in [3.63, 3.8) is 0 Å². The summed E-state index contributed by atoms with van der Waals surface area (Å²) >= 11 is 0. The Morgan fingerprint density at radius 1 is 1.16 bits per heavy atom. The second-order valence-corrected chi connectivity index (χ2v) is 7.59. The quantitative estimate of drug-likeness (QED) is 0.563. The molecule has 1 aromatic heterocycles. The van der Waals surface area contributed by atoms with Gasteiger partial charge in [0.2, 0.25) is 11.7 Å². The minimum atomic E-state index is -4.63. The van der Waals surface area contributed by atoms with Gasteiger partial charge in [0.05, 0.1) is 12.2 Å². The fourth-order valence-corrected chi connectivity index (χ4v) is 3.57. The van der Waals surface area contributed by atoms with Crippen LogP contribution < -0.4 is 10.6 Å². The first-order valence-electron chi connectivity index (χ1n) is 9.39. The molecule has 0 spiro atoms. The van der Waals surface area contributed by atoms with Gasteiger partial charge in [0, 0.05) is 45.7 Å². The van der Waals surface area contributed by atoms with E-state index >= 15 is 0 Å². The van der Waals surface area contributed by atoms with Gasteiger partial charge < -0.3 is 20.1 Å². The molecule has 170 valence electrons. The first-order chi connectivity index (χ1) is 14.4. The maximum Gasteiger partial charge on any atom is 0.449 e. The van der Waals surface area contributed by atoms with Crippen LogP contribution >= 0.6 is 0 Å². The molecule has 1 amide bonds. The highest BCUT2D eigenvalue weighted by Gasteiger charge is 2.41. The van der Waals surface area contributed by atoms with Gasteiger partial charge in [-0.3, -0.25) is 4.79 Å². The second kappa shape index (κ2) is 8.40. The highest BCUT2D eigenvalue weighted by atomic mass is 19.4. The number of nitrogens with two attached hydrogens (primary N) is 1. The van der Waals surface area contributed by atoms with E-state index in [1.807, 2.05) is 0 Å². The normalized spacial score (nSPS) is 15.1. The lowest BCUT2D eigenvalue weighted by molar-refractivity contribution is -0.148. The summed E-state index contributed by atoms with van der Waals surface area (Å²) in [6.07, 6.45) is -5.08. The van der Waals surface area contributed by atoms with Crippen LogP contribution in [0.15, 0.2) is 12.1 Å². The van der Waals surface area contributed by atoms with E-state index in [-0.39, 0.29) is 49.6 Å². The molecule has 6 nitrogen and oxygen atoms in total. The van der Waals surface area contributed by atoms with Gasteiger partial charge in [-0.25, -0.2) is 18.2 Å². The zero-order valence-corrected chi connectivity index (χ0v) is 16.8. The Bertz CT molecular complexity index is 987. The predicted molar refractivity (Wildman–Crippen MR) is 99.6 cm³/mol. The Hall–Kier alpha value is -2.76. The molecule has 0 unspecified atom stereocenters. The minimum Gasteiger partial charge on any atom is -0.361 e. The summed E-state index contributed by atoms with van der Waals surface area (Å²) in [5.74, 6) is -4.89. The van der Waals surface area contributed by atoms with E-state index in [4.69, 9.17) is 5.73 Å². The smallest absolute Gasteiger partial charge is 0.361 e. The number of fused-ring (bicyclic) bond motifs is 1. The van der Waals surface area contributed by atoms with E-state index in [1.165, 1.54) is 9.80 Å². The van der Waals surface area contributed by atoms with Crippen molar-refractivity contribution in [2.45, 2.75) is 38.1 Å². The topological polar surface area (TPSA) is 67.4 Å². The average molecular weight is 449 g/mol. The zero-order valence-electron chi connectivity index (χ0n) is 16.8. The lowest BCUT2D eigenvalue weighted by Crippen LogP contribution is -2.42. The van der Waals surface area contributed by atoms with Crippen LogP contribution in [-0.4, -0.2) is 47.0 Å². The molecule has 2 N–H and O–H groups in total. The number of nitrogens with zero attached hydrogens (tertiary/aromatic N) is 4. The number of alkyl halides is 3. The van der Waals surface area contributed by atoms with E-state index < -0.39 is 41.4 Å². The van der Waals surface area contributed by atoms with Crippen molar-refractivity contribution < 1.29 is 31.1 Å². The summed E-state index contributed by atoms with van der Waals surface area (Å²) in [6, 6.07) is 0.209. The molecular weight excluding hydrogens is 428 g/mol. The number of aromatic nitrogens is 2. The summed E-state index contributed by atoms with van der Waals surface area (Å²) in [5.41, 5.74) is 5.98. The first kappa shape index (κ1) is 22.9. The standard InChI is InChI=1S/C19H21F6N5O/c1-28(2)17-15-9-29(3-4-30(15)18(27-17)19(23,24)25)16(31)7-11(26)5-10-6-13(21)14(22)8-12(10)20/h6,8,11H,3-5,7,9,26H2,1-2H3/t11-/m1/s1. The number of amides is 1. The molecule has 0 aliphatic carbocycles. The van der Waals surface area contributed by atoms with Crippen molar-refractivity contribution >= 4 is 11.7 Å². The van der Waals surface area contributed by atoms with Gasteiger partial charge in [-0.05, 0) is 18.1 Å². The summed E-state index contributed by atoms with van der Waals surface area (Å²) in [5, 5.41) is 0. The molecule has 1 aliphatic heterocycles. The molecule has 0 saturated carbocycles. The van der Waals surface area contributed by atoms with Crippen molar-refractivity contribution in [2.24, 2.45) is 5.73 Å². The summed E-state index contributed by atoms with van der Waals surface area (Å²) in [4.78, 5) is 19.1. The Labute approximate surface area is 174 Å². The van der Waals surface area contributed by atoms with E-state index in [2.05, 4.69) is 4.98 Å². The number of hydrogen-bond acceptors (Lipinski definition) is 4. The Kier molecular flexibility index (Phi) is 6.21. The van der Waals surface area contributed by atoms with Gasteiger partial charge in [-0.15, -0.1) is 0 Å². The molecule has 31 heavy (non-hydrogen) atoms. The molecule has 1 atom stereocenters. The number of imidazole rings is 1. The van der Waals surface area contributed by atoms with Gasteiger partial charge in [0.15, 0.2) is 17.5 Å². The van der Waals surface area contributed by atoms with Crippen molar-refractivity contribution in [3.05, 3.63) is 46.7 Å². The number of rotatable bonds is 5. The number of carbonyl (C=O) groups excluding carboxylic acids is 1. The average Bonchev–Trinajstić information content (AvgIpc) is 3.05. The molecule has 2 heterocycles. The highest BCUT2D eigenvalue weighted by molar-refractivity contribution is 5.77. The molecule has 1 aliphatic rings. The van der Waals surface area contributed by atoms with Crippen molar-refractivity contribution in [1.82, 2.24) is 14.5 Å². The lowest BCUT2D eigenvalue weighted by Gasteiger charge is -2.31. The molecule has 12 heteroatoms. The largest absolute Gasteiger partial charge is 0.449 e. The Morgan fingerprint density at radius 2 is 1.81 bits per heavy atom. The van der Waals surface area contributed by atoms with Crippen LogP contribution in [0.1, 0.15) is 23.5 Å². The van der Waals surface area contributed by atoms with E-state index in [0.717, 1.165) is 4.57 Å². The van der Waals surface area contributed by atoms with Crippen LogP contribution in [0.4, 0.5) is 32.2 Å². The van der Waals surface area contributed by atoms with Crippen LogP contribution in [0, 0.1) is 17.5 Å². The van der Waals surface area contributed by atoms with E-state index in [1.54, 1.807) is 14.1 Å². The zero-order chi connectivity index (χ0) is 23.1. The maximum absolute atomic E-state index is 13.8. The van der Waals surface area contributed by atoms with Crippen molar-refractivity contribution in [1.29, 1.82) is 0 Å². The third-order valence-electron chi connectivity index (χ3n) is 5.02. The number of anilines is 1. The third kappa shape index (κ3) is 4.78. The first-order valence-corrected chi connectivity index (χ1v) is 9.39. The number of halogens is 6. The highest BCUT2D eigenvalue weighted by Crippen LogP contribution is 2.35. The molecule has 0 fully saturated rings. The monoisotopic (exact) mass is 449 g/mol. The van der Waals surface area contributed by atoms with Gasteiger partial charge >= 0.3 is 6.18 Å². The van der Waals surface area contributed by atoms with Gasteiger partial charge in [-0.2, -0.15) is 13.2 Å². The van der Waals surface area contributed by atoms with Crippen LogP contribution in [0.5, 0.6) is 0 Å². The van der Waals surface area contributed by atoms with Gasteiger partial charge in [0.1, 0.15) is 5.82 Å². The number of carbonyl (C=O) groups is 1. The predicted octanol–water partition coefficient (Wildman–Crippen LogP) is 2.69. The van der Waals surface area contributed by atoms with Gasteiger partial charge in [0.25, 0.3) is 0 Å². The molecular formula is C19H21F6N5O. The maximum atomic E-state index is 13.8.